The largest absolute Gasteiger partial charge is 0.497 e. The minimum Gasteiger partial charge on any atom is -0.497 e. The number of aliphatic hydroxyl groups excluding tert-OH is 1. The van der Waals surface area contributed by atoms with Crippen molar-refractivity contribution in [2.45, 2.75) is 32.4 Å². The number of hydrogen-bond donors (Lipinski definition) is 2. The Morgan fingerprint density at radius 2 is 2.04 bits per heavy atom. The Kier molecular flexibility index (Phi) is 4.72. The summed E-state index contributed by atoms with van der Waals surface area (Å²) in [5, 5.41) is 12.4. The van der Waals surface area contributed by atoms with E-state index in [-0.39, 0.29) is 12.7 Å². The zero-order valence-corrected chi connectivity index (χ0v) is 13.6. The van der Waals surface area contributed by atoms with Gasteiger partial charge in [-0.15, -0.1) is 0 Å². The number of hydrogen-bond acceptors (Lipinski definition) is 4. The smallest absolute Gasteiger partial charge is 0.128 e. The lowest BCUT2D eigenvalue weighted by molar-refractivity contribution is 0.252. The molecule has 2 N–H and O–H groups in total. The van der Waals surface area contributed by atoms with Gasteiger partial charge in [0.25, 0.3) is 0 Å². The molecule has 4 heteroatoms. The van der Waals surface area contributed by atoms with Crippen LogP contribution < -0.4 is 14.8 Å². The molecule has 4 nitrogen and oxygen atoms in total. The van der Waals surface area contributed by atoms with Crippen molar-refractivity contribution in [2.75, 3.05) is 19.0 Å². The molecule has 0 radical (unpaired) electrons. The highest BCUT2D eigenvalue weighted by Crippen LogP contribution is 2.36. The van der Waals surface area contributed by atoms with E-state index in [1.165, 1.54) is 5.56 Å². The average Bonchev–Trinajstić information content (AvgIpc) is 2.94. The third kappa shape index (κ3) is 3.59. The molecule has 2 aromatic carbocycles. The van der Waals surface area contributed by atoms with Gasteiger partial charge >= 0.3 is 0 Å². The van der Waals surface area contributed by atoms with Gasteiger partial charge in [-0.25, -0.2) is 0 Å². The summed E-state index contributed by atoms with van der Waals surface area (Å²) in [4.78, 5) is 0. The molecule has 1 aliphatic heterocycles. The Hall–Kier alpha value is -2.20. The average molecular weight is 313 g/mol. The van der Waals surface area contributed by atoms with Crippen LogP contribution in [0.1, 0.15) is 23.6 Å². The SMILES string of the molecule is COc1cc(CNc2ccc(CCO)cc2)c2c(c1)C[C@@H](C)O2. The number of fused-ring (bicyclic) bond motifs is 1. The minimum atomic E-state index is 0.179. The molecule has 0 spiro atoms. The van der Waals surface area contributed by atoms with Gasteiger partial charge in [0.2, 0.25) is 0 Å². The van der Waals surface area contributed by atoms with Crippen molar-refractivity contribution in [1.82, 2.24) is 0 Å². The van der Waals surface area contributed by atoms with Crippen molar-refractivity contribution >= 4 is 5.69 Å². The lowest BCUT2D eigenvalue weighted by atomic mass is 10.1. The van der Waals surface area contributed by atoms with Crippen LogP contribution in [-0.4, -0.2) is 24.9 Å². The first kappa shape index (κ1) is 15.7. The maximum absolute atomic E-state index is 8.96. The molecular weight excluding hydrogens is 290 g/mol. The first-order valence-electron chi connectivity index (χ1n) is 7.99. The van der Waals surface area contributed by atoms with Crippen molar-refractivity contribution in [1.29, 1.82) is 0 Å². The Bertz CT molecular complexity index is 667. The Labute approximate surface area is 137 Å². The minimum absolute atomic E-state index is 0.179. The molecule has 1 heterocycles. The first-order valence-corrected chi connectivity index (χ1v) is 7.99. The molecule has 0 bridgehead atoms. The molecule has 2 aromatic rings. The molecule has 0 unspecified atom stereocenters. The molecule has 0 fully saturated rings. The van der Waals surface area contributed by atoms with Crippen LogP contribution in [-0.2, 0) is 19.4 Å². The number of nitrogens with one attached hydrogen (secondary N) is 1. The van der Waals surface area contributed by atoms with Gasteiger partial charge in [-0.2, -0.15) is 0 Å². The fourth-order valence-corrected chi connectivity index (χ4v) is 2.94. The van der Waals surface area contributed by atoms with E-state index in [1.807, 2.05) is 30.3 Å². The lowest BCUT2D eigenvalue weighted by Crippen LogP contribution is -2.07. The summed E-state index contributed by atoms with van der Waals surface area (Å²) in [6.07, 6.45) is 1.83. The van der Waals surface area contributed by atoms with Crippen molar-refractivity contribution in [3.05, 3.63) is 53.1 Å². The van der Waals surface area contributed by atoms with Crippen LogP contribution >= 0.6 is 0 Å². The van der Waals surface area contributed by atoms with Gasteiger partial charge in [-0.05, 0) is 43.2 Å². The molecule has 122 valence electrons. The quantitative estimate of drug-likeness (QED) is 0.860. The predicted octanol–water partition coefficient (Wildman–Crippen LogP) is 3.17. The zero-order chi connectivity index (χ0) is 16.2. The van der Waals surface area contributed by atoms with E-state index >= 15 is 0 Å². The normalized spacial score (nSPS) is 15.9. The van der Waals surface area contributed by atoms with Crippen LogP contribution in [0.15, 0.2) is 36.4 Å². The highest BCUT2D eigenvalue weighted by Gasteiger charge is 2.23. The van der Waals surface area contributed by atoms with Crippen LogP contribution in [0.2, 0.25) is 0 Å². The summed E-state index contributed by atoms with van der Waals surface area (Å²) in [5.41, 5.74) is 4.52. The van der Waals surface area contributed by atoms with Crippen molar-refractivity contribution in [3.8, 4) is 11.5 Å². The van der Waals surface area contributed by atoms with E-state index in [0.717, 1.165) is 34.7 Å². The van der Waals surface area contributed by atoms with E-state index in [2.05, 4.69) is 18.3 Å². The van der Waals surface area contributed by atoms with Crippen LogP contribution in [0, 0.1) is 0 Å². The van der Waals surface area contributed by atoms with Gasteiger partial charge in [0.1, 0.15) is 17.6 Å². The second-order valence-corrected chi connectivity index (χ2v) is 5.93. The highest BCUT2D eigenvalue weighted by molar-refractivity contribution is 5.52. The topological polar surface area (TPSA) is 50.7 Å². The molecule has 23 heavy (non-hydrogen) atoms. The van der Waals surface area contributed by atoms with E-state index in [1.54, 1.807) is 7.11 Å². The Morgan fingerprint density at radius 3 is 2.74 bits per heavy atom. The summed E-state index contributed by atoms with van der Waals surface area (Å²) in [5.74, 6) is 1.86. The van der Waals surface area contributed by atoms with Gasteiger partial charge < -0.3 is 19.9 Å². The van der Waals surface area contributed by atoms with Crippen LogP contribution in [0.4, 0.5) is 5.69 Å². The lowest BCUT2D eigenvalue weighted by Gasteiger charge is -2.13. The molecule has 0 aliphatic carbocycles. The molecule has 0 amide bonds. The molecule has 0 saturated carbocycles. The first-order chi connectivity index (χ1) is 11.2. The number of benzene rings is 2. The van der Waals surface area contributed by atoms with Crippen LogP contribution in [0.25, 0.3) is 0 Å². The number of aliphatic hydroxyl groups is 1. The third-order valence-electron chi connectivity index (χ3n) is 4.12. The molecule has 0 aromatic heterocycles. The summed E-state index contributed by atoms with van der Waals surface area (Å²) in [7, 11) is 1.69. The van der Waals surface area contributed by atoms with Crippen molar-refractivity contribution < 1.29 is 14.6 Å². The Balaban J connectivity index is 1.74. The third-order valence-corrected chi connectivity index (χ3v) is 4.12. The van der Waals surface area contributed by atoms with Gasteiger partial charge in [-0.3, -0.25) is 0 Å². The molecule has 1 aliphatic rings. The fraction of sp³-hybridized carbons (Fsp3) is 0.368. The zero-order valence-electron chi connectivity index (χ0n) is 13.6. The summed E-state index contributed by atoms with van der Waals surface area (Å²) >= 11 is 0. The number of ether oxygens (including phenoxy) is 2. The van der Waals surface area contributed by atoms with E-state index in [4.69, 9.17) is 14.6 Å². The van der Waals surface area contributed by atoms with Crippen LogP contribution in [0.5, 0.6) is 11.5 Å². The molecule has 0 saturated heterocycles. The van der Waals surface area contributed by atoms with Crippen molar-refractivity contribution in [3.63, 3.8) is 0 Å². The van der Waals surface area contributed by atoms with Gasteiger partial charge in [-0.1, -0.05) is 12.1 Å². The second kappa shape index (κ2) is 6.92. The molecular formula is C19H23NO3. The maximum atomic E-state index is 8.96. The van der Waals surface area contributed by atoms with E-state index < -0.39 is 0 Å². The van der Waals surface area contributed by atoms with Gasteiger partial charge in [0, 0.05) is 36.4 Å². The van der Waals surface area contributed by atoms with Gasteiger partial charge in [0.05, 0.1) is 7.11 Å². The monoisotopic (exact) mass is 313 g/mol. The molecule has 1 atom stereocenters. The predicted molar refractivity (Wildman–Crippen MR) is 91.3 cm³/mol. The second-order valence-electron chi connectivity index (χ2n) is 5.93. The number of anilines is 1. The highest BCUT2D eigenvalue weighted by atomic mass is 16.5. The summed E-state index contributed by atoms with van der Waals surface area (Å²) < 4.78 is 11.4. The number of rotatable bonds is 6. The van der Waals surface area contributed by atoms with Gasteiger partial charge in [0.15, 0.2) is 0 Å². The summed E-state index contributed by atoms with van der Waals surface area (Å²) in [6, 6.07) is 12.2. The van der Waals surface area contributed by atoms with Crippen LogP contribution in [0.3, 0.4) is 0 Å². The maximum Gasteiger partial charge on any atom is 0.128 e. The number of methoxy groups -OCH3 is 1. The summed E-state index contributed by atoms with van der Waals surface area (Å²) in [6.45, 7) is 2.95. The standard InChI is InChI=1S/C19H23NO3/c1-13-9-15-10-18(22-2)11-16(19(15)23-13)12-20-17-5-3-14(4-6-17)7-8-21/h3-6,10-11,13,20-21H,7-9,12H2,1-2H3/t13-/m1/s1. The van der Waals surface area contributed by atoms with Crippen molar-refractivity contribution in [2.24, 2.45) is 0 Å². The van der Waals surface area contributed by atoms with E-state index in [9.17, 15) is 0 Å². The van der Waals surface area contributed by atoms with E-state index in [0.29, 0.717) is 13.0 Å². The Morgan fingerprint density at radius 1 is 1.26 bits per heavy atom. The molecule has 3 rings (SSSR count). The fourth-order valence-electron chi connectivity index (χ4n) is 2.94.